The maximum absolute atomic E-state index is 11.3. The maximum Gasteiger partial charge on any atom is 0.254 e. The van der Waals surface area contributed by atoms with Crippen LogP contribution in [0.15, 0.2) is 24.1 Å². The first kappa shape index (κ1) is 14.6. The van der Waals surface area contributed by atoms with Crippen molar-refractivity contribution in [3.05, 3.63) is 24.1 Å². The van der Waals surface area contributed by atoms with Gasteiger partial charge in [0.25, 0.3) is 5.91 Å². The number of hydrogen-bond acceptors (Lipinski definition) is 4. The molecular formula is C13H23N3O2. The molecule has 18 heavy (non-hydrogen) atoms. The Labute approximate surface area is 108 Å². The average molecular weight is 253 g/mol. The van der Waals surface area contributed by atoms with E-state index < -0.39 is 5.91 Å². The summed E-state index contributed by atoms with van der Waals surface area (Å²) in [4.78, 5) is 11.3. The summed E-state index contributed by atoms with van der Waals surface area (Å²) in [6.07, 6.45) is 7.51. The van der Waals surface area contributed by atoms with E-state index in [4.69, 9.17) is 16.3 Å². The van der Waals surface area contributed by atoms with Gasteiger partial charge >= 0.3 is 0 Å². The van der Waals surface area contributed by atoms with Crippen molar-refractivity contribution in [2.24, 2.45) is 17.5 Å². The molecule has 0 bridgehead atoms. The van der Waals surface area contributed by atoms with E-state index in [1.807, 2.05) is 0 Å². The summed E-state index contributed by atoms with van der Waals surface area (Å²) in [5, 5.41) is 1.27. The molecule has 1 rings (SSSR count). The van der Waals surface area contributed by atoms with Crippen LogP contribution in [0.3, 0.4) is 0 Å². The monoisotopic (exact) mass is 253 g/mol. The highest BCUT2D eigenvalue weighted by molar-refractivity contribution is 5.95. The molecule has 4 N–H and O–H groups in total. The van der Waals surface area contributed by atoms with Crippen LogP contribution >= 0.6 is 0 Å². The number of amides is 1. The Balaban J connectivity index is 2.68. The third-order valence-corrected chi connectivity index (χ3v) is 3.20. The number of hydrogen-bond donors (Lipinski definition) is 2. The average Bonchev–Trinajstić information content (AvgIpc) is 2.34. The Morgan fingerprint density at radius 3 is 2.50 bits per heavy atom. The van der Waals surface area contributed by atoms with E-state index in [2.05, 4.69) is 6.58 Å². The van der Waals surface area contributed by atoms with Crippen LogP contribution in [-0.2, 0) is 9.53 Å². The fourth-order valence-corrected chi connectivity index (χ4v) is 2.21. The second-order valence-corrected chi connectivity index (χ2v) is 4.71. The van der Waals surface area contributed by atoms with Gasteiger partial charge in [0.2, 0.25) is 5.88 Å². The predicted molar refractivity (Wildman–Crippen MR) is 70.9 cm³/mol. The minimum Gasteiger partial charge on any atom is -0.477 e. The zero-order valence-electron chi connectivity index (χ0n) is 11.0. The zero-order valence-corrected chi connectivity index (χ0v) is 11.0. The quantitative estimate of drug-likeness (QED) is 0.245. The third-order valence-electron chi connectivity index (χ3n) is 3.20. The number of carbonyl (C=O) groups excluding carboxylic acids is 1. The zero-order chi connectivity index (χ0) is 13.5. The van der Waals surface area contributed by atoms with Crippen molar-refractivity contribution in [3.63, 3.8) is 0 Å². The number of hydrazine groups is 1. The summed E-state index contributed by atoms with van der Waals surface area (Å²) in [5.74, 6) is 5.91. The van der Waals surface area contributed by atoms with Gasteiger partial charge in [-0.1, -0.05) is 31.9 Å². The lowest BCUT2D eigenvalue weighted by Gasteiger charge is -2.25. The standard InChI is InChI=1S/C13H23N3O2/c1-3-11(12(14)17)13(16(2)15)18-9-10-7-5-4-6-8-10/h3,10H,1,4-9,15H2,2H3,(H2,14,17)/b13-11-. The third kappa shape index (κ3) is 4.07. The molecule has 1 fully saturated rings. The van der Waals surface area contributed by atoms with Gasteiger partial charge in [0, 0.05) is 7.05 Å². The maximum atomic E-state index is 11.3. The van der Waals surface area contributed by atoms with Gasteiger partial charge in [-0.2, -0.15) is 0 Å². The largest absolute Gasteiger partial charge is 0.477 e. The van der Waals surface area contributed by atoms with E-state index in [0.717, 1.165) is 0 Å². The van der Waals surface area contributed by atoms with Crippen LogP contribution in [0.25, 0.3) is 0 Å². The van der Waals surface area contributed by atoms with Gasteiger partial charge in [-0.15, -0.1) is 0 Å². The van der Waals surface area contributed by atoms with Crippen LogP contribution < -0.4 is 11.6 Å². The first-order chi connectivity index (χ1) is 8.56. The highest BCUT2D eigenvalue weighted by atomic mass is 16.5. The van der Waals surface area contributed by atoms with Crippen LogP contribution in [0.4, 0.5) is 0 Å². The van der Waals surface area contributed by atoms with Crippen molar-refractivity contribution < 1.29 is 9.53 Å². The van der Waals surface area contributed by atoms with Gasteiger partial charge in [-0.05, 0) is 18.8 Å². The molecule has 0 aromatic rings. The Morgan fingerprint density at radius 1 is 1.44 bits per heavy atom. The molecule has 0 aliphatic heterocycles. The highest BCUT2D eigenvalue weighted by Gasteiger charge is 2.18. The molecule has 0 unspecified atom stereocenters. The van der Waals surface area contributed by atoms with Gasteiger partial charge in [0.1, 0.15) is 0 Å². The van der Waals surface area contributed by atoms with Gasteiger partial charge < -0.3 is 10.5 Å². The predicted octanol–water partition coefficient (Wildman–Crippen LogP) is 1.27. The first-order valence-electron chi connectivity index (χ1n) is 6.34. The molecule has 102 valence electrons. The van der Waals surface area contributed by atoms with Crippen LogP contribution in [0.1, 0.15) is 32.1 Å². The topological polar surface area (TPSA) is 81.6 Å². The van der Waals surface area contributed by atoms with Gasteiger partial charge in [-0.3, -0.25) is 9.80 Å². The SMILES string of the molecule is C=C/C(C(N)=O)=C(/OCC1CCCCC1)N(C)N. The van der Waals surface area contributed by atoms with Crippen molar-refractivity contribution in [2.45, 2.75) is 32.1 Å². The summed E-state index contributed by atoms with van der Waals surface area (Å²) in [5.41, 5.74) is 5.48. The van der Waals surface area contributed by atoms with Gasteiger partial charge in [-0.25, -0.2) is 5.84 Å². The molecule has 1 aliphatic carbocycles. The van der Waals surface area contributed by atoms with Crippen LogP contribution in [0, 0.1) is 5.92 Å². The van der Waals surface area contributed by atoms with Crippen molar-refractivity contribution >= 4 is 5.91 Å². The fraction of sp³-hybridized carbons (Fsp3) is 0.615. The van der Waals surface area contributed by atoms with Gasteiger partial charge in [0.05, 0.1) is 12.2 Å². The van der Waals surface area contributed by atoms with E-state index in [1.54, 1.807) is 7.05 Å². The number of ether oxygens (including phenoxy) is 1. The van der Waals surface area contributed by atoms with E-state index in [1.165, 1.54) is 43.2 Å². The summed E-state index contributed by atoms with van der Waals surface area (Å²) >= 11 is 0. The molecule has 5 heteroatoms. The van der Waals surface area contributed by atoms with Crippen molar-refractivity contribution in [1.29, 1.82) is 0 Å². The van der Waals surface area contributed by atoms with E-state index in [0.29, 0.717) is 18.4 Å². The Kier molecular flexibility index (Phi) is 5.71. The van der Waals surface area contributed by atoms with Crippen LogP contribution in [0.5, 0.6) is 0 Å². The molecule has 0 radical (unpaired) electrons. The molecule has 0 heterocycles. The van der Waals surface area contributed by atoms with E-state index in [-0.39, 0.29) is 5.57 Å². The molecule has 1 aliphatic rings. The normalized spacial score (nSPS) is 17.9. The van der Waals surface area contributed by atoms with E-state index in [9.17, 15) is 4.79 Å². The minimum atomic E-state index is -0.582. The Morgan fingerprint density at radius 2 is 2.06 bits per heavy atom. The summed E-state index contributed by atoms with van der Waals surface area (Å²) in [6, 6.07) is 0. The number of nitrogens with two attached hydrogens (primary N) is 2. The summed E-state index contributed by atoms with van der Waals surface area (Å²) in [7, 11) is 1.61. The molecule has 0 atom stereocenters. The number of primary amides is 1. The molecule has 1 saturated carbocycles. The van der Waals surface area contributed by atoms with Crippen molar-refractivity contribution in [1.82, 2.24) is 5.01 Å². The number of rotatable bonds is 6. The second-order valence-electron chi connectivity index (χ2n) is 4.71. The Bertz CT molecular complexity index is 331. The molecule has 0 saturated heterocycles. The molecule has 5 nitrogen and oxygen atoms in total. The van der Waals surface area contributed by atoms with Gasteiger partial charge in [0.15, 0.2) is 0 Å². The van der Waals surface area contributed by atoms with E-state index >= 15 is 0 Å². The lowest BCUT2D eigenvalue weighted by molar-refractivity contribution is -0.114. The smallest absolute Gasteiger partial charge is 0.254 e. The molecule has 0 aromatic heterocycles. The Hall–Kier alpha value is -1.49. The first-order valence-corrected chi connectivity index (χ1v) is 6.34. The lowest BCUT2D eigenvalue weighted by atomic mass is 9.90. The summed E-state index contributed by atoms with van der Waals surface area (Å²) in [6.45, 7) is 4.13. The molecule has 1 amide bonds. The number of nitrogens with zero attached hydrogens (tertiary/aromatic N) is 1. The minimum absolute atomic E-state index is 0.218. The number of carbonyl (C=O) groups is 1. The molecular weight excluding hydrogens is 230 g/mol. The molecule has 0 spiro atoms. The van der Waals surface area contributed by atoms with Crippen LogP contribution in [0.2, 0.25) is 0 Å². The molecule has 0 aromatic carbocycles. The summed E-state index contributed by atoms with van der Waals surface area (Å²) < 4.78 is 5.67. The van der Waals surface area contributed by atoms with Crippen LogP contribution in [-0.4, -0.2) is 24.6 Å². The lowest BCUT2D eigenvalue weighted by Crippen LogP contribution is -2.32. The fourth-order valence-electron chi connectivity index (χ4n) is 2.21. The van der Waals surface area contributed by atoms with Crippen molar-refractivity contribution in [2.75, 3.05) is 13.7 Å². The second kappa shape index (κ2) is 7.06. The van der Waals surface area contributed by atoms with Crippen molar-refractivity contribution in [3.8, 4) is 0 Å². The highest BCUT2D eigenvalue weighted by Crippen LogP contribution is 2.24.